The van der Waals surface area contributed by atoms with Crippen LogP contribution in [0.5, 0.6) is 0 Å². The van der Waals surface area contributed by atoms with Crippen molar-refractivity contribution in [3.63, 3.8) is 0 Å². The maximum Gasteiger partial charge on any atom is 0.455 e. The SMILES string of the molecule is CC1=C2[C@@H](CC/C(=C/c3ccc(CO)o3)c3ccccc3)OB(O)C[C@@H]2[C@@H]2C(=O)N(Cc3cccs3)C(=O)[C@@H]2C1. The minimum atomic E-state index is -0.999. The summed E-state index contributed by atoms with van der Waals surface area (Å²) in [5.74, 6) is -0.145. The molecule has 0 unspecified atom stereocenters. The minimum absolute atomic E-state index is 0.102. The van der Waals surface area contributed by atoms with E-state index in [9.17, 15) is 19.7 Å². The number of carbonyl (C=O) groups excluding carboxylic acids is 2. The predicted molar refractivity (Wildman–Crippen MR) is 153 cm³/mol. The Labute approximate surface area is 237 Å². The highest BCUT2D eigenvalue weighted by molar-refractivity contribution is 7.09. The van der Waals surface area contributed by atoms with Crippen LogP contribution < -0.4 is 0 Å². The molecule has 7 nitrogen and oxygen atoms in total. The Morgan fingerprint density at radius 3 is 2.65 bits per heavy atom. The van der Waals surface area contributed by atoms with Gasteiger partial charge in [0.05, 0.1) is 24.5 Å². The van der Waals surface area contributed by atoms with Crippen molar-refractivity contribution in [2.45, 2.75) is 51.8 Å². The molecular formula is C31H32BNO6S. The first kappa shape index (κ1) is 27.0. The highest BCUT2D eigenvalue weighted by atomic mass is 32.1. The molecular weight excluding hydrogens is 525 g/mol. The highest BCUT2D eigenvalue weighted by Crippen LogP contribution is 2.51. The Kier molecular flexibility index (Phi) is 7.64. The fourth-order valence-corrected chi connectivity index (χ4v) is 7.36. The smallest absolute Gasteiger partial charge is 0.455 e. The molecule has 3 aromatic rings. The second-order valence-corrected chi connectivity index (χ2v) is 11.9. The first-order valence-corrected chi connectivity index (χ1v) is 14.7. The molecule has 4 heterocycles. The van der Waals surface area contributed by atoms with E-state index in [1.807, 2.05) is 66.9 Å². The molecule has 2 aromatic heterocycles. The number of fused-ring (bicyclic) bond motifs is 3. The number of imide groups is 1. The molecule has 1 aliphatic carbocycles. The Morgan fingerprint density at radius 1 is 1.10 bits per heavy atom. The van der Waals surface area contributed by atoms with Crippen LogP contribution in [0.25, 0.3) is 11.6 Å². The molecule has 206 valence electrons. The topological polar surface area (TPSA) is 100 Å². The van der Waals surface area contributed by atoms with E-state index in [1.165, 1.54) is 4.90 Å². The van der Waals surface area contributed by atoms with E-state index in [0.717, 1.165) is 27.2 Å². The van der Waals surface area contributed by atoms with E-state index in [4.69, 9.17) is 9.07 Å². The molecule has 0 spiro atoms. The van der Waals surface area contributed by atoms with Gasteiger partial charge in [-0.05, 0) is 84.8 Å². The monoisotopic (exact) mass is 557 g/mol. The first-order valence-electron chi connectivity index (χ1n) is 13.8. The number of rotatable bonds is 8. The number of allylic oxidation sites excluding steroid dienone is 2. The van der Waals surface area contributed by atoms with Crippen LogP contribution in [0.3, 0.4) is 0 Å². The van der Waals surface area contributed by atoms with Crippen LogP contribution in [0.15, 0.2) is 75.5 Å². The summed E-state index contributed by atoms with van der Waals surface area (Å²) < 4.78 is 11.8. The summed E-state index contributed by atoms with van der Waals surface area (Å²) in [6, 6.07) is 17.5. The highest BCUT2D eigenvalue weighted by Gasteiger charge is 2.56. The van der Waals surface area contributed by atoms with Gasteiger partial charge in [0.25, 0.3) is 0 Å². The van der Waals surface area contributed by atoms with Gasteiger partial charge in [0, 0.05) is 4.88 Å². The molecule has 2 fully saturated rings. The molecule has 0 bridgehead atoms. The average Bonchev–Trinajstić information content (AvgIpc) is 3.69. The molecule has 2 aliphatic heterocycles. The molecule has 3 aliphatic rings. The number of aliphatic hydroxyl groups excluding tert-OH is 1. The van der Waals surface area contributed by atoms with Crippen LogP contribution in [0.4, 0.5) is 0 Å². The van der Waals surface area contributed by atoms with Gasteiger partial charge in [-0.25, -0.2) is 0 Å². The molecule has 0 radical (unpaired) electrons. The fraction of sp³-hybridized carbons (Fsp3) is 0.355. The van der Waals surface area contributed by atoms with Gasteiger partial charge in [0.2, 0.25) is 11.8 Å². The maximum absolute atomic E-state index is 13.7. The first-order chi connectivity index (χ1) is 19.4. The lowest BCUT2D eigenvalue weighted by atomic mass is 9.58. The zero-order valence-electron chi connectivity index (χ0n) is 22.4. The summed E-state index contributed by atoms with van der Waals surface area (Å²) in [5.41, 5.74) is 4.25. The van der Waals surface area contributed by atoms with Crippen molar-refractivity contribution >= 4 is 41.9 Å². The molecule has 9 heteroatoms. The van der Waals surface area contributed by atoms with E-state index in [-0.39, 0.29) is 36.4 Å². The van der Waals surface area contributed by atoms with E-state index in [0.29, 0.717) is 43.6 Å². The third kappa shape index (κ3) is 5.15. The van der Waals surface area contributed by atoms with Gasteiger partial charge in [0.1, 0.15) is 18.1 Å². The number of nitrogens with zero attached hydrogens (tertiary/aromatic N) is 1. The van der Waals surface area contributed by atoms with Gasteiger partial charge in [0.15, 0.2) is 0 Å². The Balaban J connectivity index is 1.26. The third-order valence-corrected chi connectivity index (χ3v) is 9.27. The predicted octanol–water partition coefficient (Wildman–Crippen LogP) is 5.17. The second-order valence-electron chi connectivity index (χ2n) is 10.9. The van der Waals surface area contributed by atoms with Gasteiger partial charge in [-0.2, -0.15) is 0 Å². The molecule has 2 saturated heterocycles. The molecule has 0 saturated carbocycles. The van der Waals surface area contributed by atoms with Crippen molar-refractivity contribution in [3.8, 4) is 0 Å². The molecule has 2 amide bonds. The zero-order chi connectivity index (χ0) is 27.8. The normalized spacial score (nSPS) is 25.0. The van der Waals surface area contributed by atoms with Crippen LogP contribution >= 0.6 is 11.3 Å². The van der Waals surface area contributed by atoms with Crippen molar-refractivity contribution in [1.82, 2.24) is 4.90 Å². The standard InChI is InChI=1S/C31H32BNO6S/c1-19-14-25-29(31(36)33(30(25)35)17-24-8-5-13-40-24)26-16-32(37)39-27(28(19)26)12-9-21(20-6-3-2-4-7-20)15-22-10-11-23(18-34)38-22/h2-8,10-11,13,15,25-27,29,34,37H,9,12,14,16-18H2,1H3/b21-15-/t25-,26+,27-,29-/m1/s1. The van der Waals surface area contributed by atoms with Crippen molar-refractivity contribution < 1.29 is 28.8 Å². The lowest BCUT2D eigenvalue weighted by Gasteiger charge is -2.42. The van der Waals surface area contributed by atoms with E-state index >= 15 is 0 Å². The number of thiophene rings is 1. The van der Waals surface area contributed by atoms with Gasteiger partial charge >= 0.3 is 7.12 Å². The largest absolute Gasteiger partial charge is 0.459 e. The van der Waals surface area contributed by atoms with Crippen molar-refractivity contribution in [2.75, 3.05) is 0 Å². The minimum Gasteiger partial charge on any atom is -0.459 e. The summed E-state index contributed by atoms with van der Waals surface area (Å²) in [4.78, 5) is 29.5. The summed E-state index contributed by atoms with van der Waals surface area (Å²) in [5, 5.41) is 22.2. The van der Waals surface area contributed by atoms with Crippen molar-refractivity contribution in [1.29, 1.82) is 0 Å². The molecule has 1 aromatic carbocycles. The molecule has 40 heavy (non-hydrogen) atoms. The quantitative estimate of drug-likeness (QED) is 0.225. The summed E-state index contributed by atoms with van der Waals surface area (Å²) in [7, 11) is -0.999. The van der Waals surface area contributed by atoms with E-state index < -0.39 is 13.0 Å². The number of carbonyl (C=O) groups is 2. The Morgan fingerprint density at radius 2 is 1.93 bits per heavy atom. The second kappa shape index (κ2) is 11.3. The van der Waals surface area contributed by atoms with Crippen LogP contribution in [0, 0.1) is 17.8 Å². The number of likely N-dealkylation sites (tertiary alicyclic amines) is 1. The van der Waals surface area contributed by atoms with Crippen LogP contribution in [0.1, 0.15) is 48.1 Å². The third-order valence-electron chi connectivity index (χ3n) is 8.41. The molecule has 2 N–H and O–H groups in total. The van der Waals surface area contributed by atoms with Gasteiger partial charge in [-0.1, -0.05) is 42.0 Å². The number of furan rings is 1. The molecule has 6 rings (SSSR count). The lowest BCUT2D eigenvalue weighted by Crippen LogP contribution is -2.46. The van der Waals surface area contributed by atoms with Crippen LogP contribution in [0.2, 0.25) is 6.32 Å². The number of benzene rings is 1. The van der Waals surface area contributed by atoms with Gasteiger partial charge in [-0.3, -0.25) is 14.5 Å². The van der Waals surface area contributed by atoms with Crippen LogP contribution in [-0.4, -0.2) is 40.1 Å². The lowest BCUT2D eigenvalue weighted by molar-refractivity contribution is -0.140. The maximum atomic E-state index is 13.7. The van der Waals surface area contributed by atoms with E-state index in [1.54, 1.807) is 17.4 Å². The summed E-state index contributed by atoms with van der Waals surface area (Å²) >= 11 is 1.54. The number of amides is 2. The van der Waals surface area contributed by atoms with Crippen LogP contribution in [-0.2, 0) is 27.4 Å². The fourth-order valence-electron chi connectivity index (χ4n) is 6.67. The number of hydrogen-bond acceptors (Lipinski definition) is 7. The number of hydrogen-bond donors (Lipinski definition) is 2. The van der Waals surface area contributed by atoms with E-state index in [2.05, 4.69) is 0 Å². The molecule has 4 atom stereocenters. The number of aliphatic hydroxyl groups is 1. The van der Waals surface area contributed by atoms with Crippen molar-refractivity contribution in [2.24, 2.45) is 17.8 Å². The van der Waals surface area contributed by atoms with Gasteiger partial charge < -0.3 is 19.2 Å². The van der Waals surface area contributed by atoms with Crippen molar-refractivity contribution in [3.05, 3.63) is 93.1 Å². The summed E-state index contributed by atoms with van der Waals surface area (Å²) in [6.45, 7) is 2.19. The Hall–Kier alpha value is -3.24. The van der Waals surface area contributed by atoms with Gasteiger partial charge in [-0.15, -0.1) is 11.3 Å². The zero-order valence-corrected chi connectivity index (χ0v) is 23.2. The summed E-state index contributed by atoms with van der Waals surface area (Å²) in [6.07, 6.45) is 3.72. The Bertz CT molecular complexity index is 1450. The average molecular weight is 557 g/mol.